The van der Waals surface area contributed by atoms with Gasteiger partial charge >= 0.3 is 0 Å². The van der Waals surface area contributed by atoms with Crippen LogP contribution in [-0.2, 0) is 0 Å². The Hall–Kier alpha value is 0.290. The van der Waals surface area contributed by atoms with Crippen molar-refractivity contribution in [2.45, 2.75) is 76.0 Å². The average molecular weight is 203 g/mol. The van der Waals surface area contributed by atoms with E-state index in [1.165, 1.54) is 70.6 Å². The zero-order chi connectivity index (χ0) is 9.36. The summed E-state index contributed by atoms with van der Waals surface area (Å²) < 4.78 is 0. The molecule has 0 amide bonds. The summed E-state index contributed by atoms with van der Waals surface area (Å²) in [6.45, 7) is 0. The highest BCUT2D eigenvalue weighted by Gasteiger charge is 2.08. The van der Waals surface area contributed by atoms with Crippen LogP contribution < -0.4 is 0 Å². The van der Waals surface area contributed by atoms with E-state index in [1.807, 2.05) is 0 Å². The normalized spacial score (nSPS) is 24.7. The van der Waals surface area contributed by atoms with Crippen LogP contribution in [0.3, 0.4) is 0 Å². The predicted octanol–water partition coefficient (Wildman–Crippen LogP) is 4.90. The molecule has 0 N–H and O–H groups in total. The van der Waals surface area contributed by atoms with Crippen molar-refractivity contribution >= 4 is 11.6 Å². The van der Waals surface area contributed by atoms with E-state index in [4.69, 9.17) is 11.6 Å². The Bertz CT molecular complexity index is 90.2. The summed E-state index contributed by atoms with van der Waals surface area (Å²) in [5.74, 6) is 0. The highest BCUT2D eigenvalue weighted by atomic mass is 35.5. The fourth-order valence-electron chi connectivity index (χ4n) is 2.11. The monoisotopic (exact) mass is 202 g/mol. The van der Waals surface area contributed by atoms with Crippen LogP contribution in [0.15, 0.2) is 0 Å². The van der Waals surface area contributed by atoms with Gasteiger partial charge in [-0.3, -0.25) is 0 Å². The molecule has 0 aromatic heterocycles. The van der Waals surface area contributed by atoms with E-state index in [9.17, 15) is 0 Å². The highest BCUT2D eigenvalue weighted by molar-refractivity contribution is 6.20. The van der Waals surface area contributed by atoms with Crippen molar-refractivity contribution < 1.29 is 0 Å². The summed E-state index contributed by atoms with van der Waals surface area (Å²) >= 11 is 5.82. The molecule has 0 aromatic carbocycles. The highest BCUT2D eigenvalue weighted by Crippen LogP contribution is 2.21. The minimum Gasteiger partial charge on any atom is -0.123 e. The first-order valence-corrected chi connectivity index (χ1v) is 6.47. The van der Waals surface area contributed by atoms with Crippen molar-refractivity contribution in [3.05, 3.63) is 0 Å². The number of alkyl halides is 1. The van der Waals surface area contributed by atoms with E-state index in [-0.39, 0.29) is 0 Å². The van der Waals surface area contributed by atoms with Gasteiger partial charge in [0.1, 0.15) is 0 Å². The molecule has 78 valence electrons. The number of halogens is 1. The van der Waals surface area contributed by atoms with Crippen molar-refractivity contribution in [3.8, 4) is 0 Å². The quantitative estimate of drug-likeness (QED) is 0.491. The Balaban J connectivity index is 0.000000132. The van der Waals surface area contributed by atoms with E-state index < -0.39 is 0 Å². The standard InChI is InChI=1S/C6H11Cl.C6H12/c7-6-4-2-1-3-5-6;1-2-4-6-5-3-1/h6H,1-5H2;1-6H2. The summed E-state index contributed by atoms with van der Waals surface area (Å²) in [7, 11) is 0. The smallest absolute Gasteiger partial charge is 0.0336 e. The molecule has 0 nitrogen and oxygen atoms in total. The molecular formula is C12H23Cl. The Labute approximate surface area is 88.1 Å². The average Bonchev–Trinajstić information content (AvgIpc) is 2.22. The lowest BCUT2D eigenvalue weighted by molar-refractivity contribution is 0.504. The van der Waals surface area contributed by atoms with E-state index in [1.54, 1.807) is 0 Å². The second kappa shape index (κ2) is 7.67. The topological polar surface area (TPSA) is 0 Å². The SMILES string of the molecule is C1CCCCC1.ClC1CCCCC1. The minimum atomic E-state index is 0.508. The molecule has 0 spiro atoms. The largest absolute Gasteiger partial charge is 0.123 e. The lowest BCUT2D eigenvalue weighted by Crippen LogP contribution is -2.03. The molecule has 0 aromatic rings. The van der Waals surface area contributed by atoms with Gasteiger partial charge in [0.2, 0.25) is 0 Å². The summed E-state index contributed by atoms with van der Waals surface area (Å²) in [4.78, 5) is 0. The minimum absolute atomic E-state index is 0.508. The molecule has 1 heteroatoms. The summed E-state index contributed by atoms with van der Waals surface area (Å²) in [6.07, 6.45) is 15.6. The van der Waals surface area contributed by atoms with Gasteiger partial charge < -0.3 is 0 Å². The van der Waals surface area contributed by atoms with Gasteiger partial charge in [0, 0.05) is 5.38 Å². The zero-order valence-corrected chi connectivity index (χ0v) is 9.49. The summed E-state index contributed by atoms with van der Waals surface area (Å²) in [5.41, 5.74) is 0. The number of rotatable bonds is 0. The third-order valence-electron chi connectivity index (χ3n) is 3.03. The fraction of sp³-hybridized carbons (Fsp3) is 1.00. The van der Waals surface area contributed by atoms with Crippen LogP contribution in [-0.4, -0.2) is 5.38 Å². The van der Waals surface area contributed by atoms with Gasteiger partial charge in [0.15, 0.2) is 0 Å². The lowest BCUT2D eigenvalue weighted by atomic mass is 10.0. The Kier molecular flexibility index (Phi) is 6.71. The maximum Gasteiger partial charge on any atom is 0.0336 e. The van der Waals surface area contributed by atoms with Crippen LogP contribution >= 0.6 is 11.6 Å². The molecule has 0 saturated heterocycles. The predicted molar refractivity (Wildman–Crippen MR) is 60.4 cm³/mol. The first-order chi connectivity index (χ1) is 6.39. The van der Waals surface area contributed by atoms with Crippen LogP contribution in [0.2, 0.25) is 0 Å². The number of hydrogen-bond donors (Lipinski definition) is 0. The van der Waals surface area contributed by atoms with Crippen LogP contribution in [0.1, 0.15) is 70.6 Å². The van der Waals surface area contributed by atoms with Crippen LogP contribution in [0.4, 0.5) is 0 Å². The van der Waals surface area contributed by atoms with Gasteiger partial charge in [0.25, 0.3) is 0 Å². The van der Waals surface area contributed by atoms with Crippen molar-refractivity contribution in [2.24, 2.45) is 0 Å². The van der Waals surface area contributed by atoms with Crippen molar-refractivity contribution in [1.82, 2.24) is 0 Å². The molecule has 2 rings (SSSR count). The Morgan fingerprint density at radius 1 is 0.538 bits per heavy atom. The third-order valence-corrected chi connectivity index (χ3v) is 3.47. The Morgan fingerprint density at radius 3 is 1.08 bits per heavy atom. The molecule has 0 heterocycles. The molecule has 0 radical (unpaired) electrons. The van der Waals surface area contributed by atoms with Crippen LogP contribution in [0.25, 0.3) is 0 Å². The molecule has 0 aliphatic heterocycles. The van der Waals surface area contributed by atoms with E-state index in [0.717, 1.165) is 0 Å². The van der Waals surface area contributed by atoms with Crippen molar-refractivity contribution in [1.29, 1.82) is 0 Å². The maximum atomic E-state index is 5.82. The maximum absolute atomic E-state index is 5.82. The Morgan fingerprint density at radius 2 is 0.846 bits per heavy atom. The summed E-state index contributed by atoms with van der Waals surface area (Å²) in [5, 5.41) is 0.508. The van der Waals surface area contributed by atoms with E-state index >= 15 is 0 Å². The second-order valence-corrected chi connectivity index (χ2v) is 4.97. The molecule has 0 atom stereocenters. The summed E-state index contributed by atoms with van der Waals surface area (Å²) in [6, 6.07) is 0. The first-order valence-electron chi connectivity index (χ1n) is 6.03. The van der Waals surface area contributed by atoms with Gasteiger partial charge in [-0.25, -0.2) is 0 Å². The van der Waals surface area contributed by atoms with Crippen molar-refractivity contribution in [3.63, 3.8) is 0 Å². The van der Waals surface area contributed by atoms with Crippen LogP contribution in [0, 0.1) is 0 Å². The molecule has 0 unspecified atom stereocenters. The molecule has 2 aliphatic carbocycles. The van der Waals surface area contributed by atoms with Gasteiger partial charge in [-0.1, -0.05) is 57.8 Å². The first kappa shape index (κ1) is 11.4. The second-order valence-electron chi connectivity index (χ2n) is 4.36. The van der Waals surface area contributed by atoms with Crippen LogP contribution in [0.5, 0.6) is 0 Å². The van der Waals surface area contributed by atoms with Crippen molar-refractivity contribution in [2.75, 3.05) is 0 Å². The molecular weight excluding hydrogens is 180 g/mol. The fourth-order valence-corrected chi connectivity index (χ4v) is 2.42. The molecule has 2 saturated carbocycles. The molecule has 2 aliphatic rings. The van der Waals surface area contributed by atoms with Gasteiger partial charge in [-0.15, -0.1) is 11.6 Å². The zero-order valence-electron chi connectivity index (χ0n) is 8.73. The molecule has 13 heavy (non-hydrogen) atoms. The molecule has 0 bridgehead atoms. The van der Waals surface area contributed by atoms with Gasteiger partial charge in [0.05, 0.1) is 0 Å². The number of hydrogen-bond acceptors (Lipinski definition) is 0. The van der Waals surface area contributed by atoms with E-state index in [0.29, 0.717) is 5.38 Å². The van der Waals surface area contributed by atoms with Gasteiger partial charge in [-0.05, 0) is 12.8 Å². The third kappa shape index (κ3) is 6.37. The lowest BCUT2D eigenvalue weighted by Gasteiger charge is -2.13. The molecule has 2 fully saturated rings. The van der Waals surface area contributed by atoms with Gasteiger partial charge in [-0.2, -0.15) is 0 Å². The van der Waals surface area contributed by atoms with E-state index in [2.05, 4.69) is 0 Å².